The summed E-state index contributed by atoms with van der Waals surface area (Å²) in [4.78, 5) is 25.8. The van der Waals surface area contributed by atoms with Crippen LogP contribution in [0.25, 0.3) is 0 Å². The molecule has 7 nitrogen and oxygen atoms in total. The zero-order valence-electron chi connectivity index (χ0n) is 12.3. The van der Waals surface area contributed by atoms with Crippen molar-refractivity contribution in [2.24, 2.45) is 0 Å². The Balaban J connectivity index is 2.07. The number of hydrogen-bond donors (Lipinski definition) is 1. The summed E-state index contributed by atoms with van der Waals surface area (Å²) in [5.41, 5.74) is 1.91. The van der Waals surface area contributed by atoms with E-state index in [1.807, 2.05) is 4.90 Å². The highest BCUT2D eigenvalue weighted by Crippen LogP contribution is 2.23. The fraction of sp³-hybridized carbons (Fsp3) is 0.500. The van der Waals surface area contributed by atoms with Crippen LogP contribution < -0.4 is 5.32 Å². The average molecular weight is 292 g/mol. The van der Waals surface area contributed by atoms with Crippen LogP contribution in [0.2, 0.25) is 0 Å². The lowest BCUT2D eigenvalue weighted by atomic mass is 10.1. The number of hydrogen-bond acceptors (Lipinski definition) is 5. The van der Waals surface area contributed by atoms with E-state index >= 15 is 0 Å². The van der Waals surface area contributed by atoms with Gasteiger partial charge in [0.25, 0.3) is 5.69 Å². The lowest BCUT2D eigenvalue weighted by molar-refractivity contribution is -0.384. The predicted molar refractivity (Wildman–Crippen MR) is 80.2 cm³/mol. The van der Waals surface area contributed by atoms with Gasteiger partial charge in [-0.25, -0.2) is 0 Å². The number of nitro groups is 1. The van der Waals surface area contributed by atoms with Crippen molar-refractivity contribution in [3.63, 3.8) is 0 Å². The van der Waals surface area contributed by atoms with Crippen molar-refractivity contribution in [3.8, 4) is 0 Å². The second kappa shape index (κ2) is 6.53. The van der Waals surface area contributed by atoms with E-state index in [2.05, 4.69) is 10.2 Å². The van der Waals surface area contributed by atoms with Gasteiger partial charge in [0.05, 0.1) is 4.92 Å². The fourth-order valence-corrected chi connectivity index (χ4v) is 2.53. The molecule has 1 saturated heterocycles. The Morgan fingerprint density at radius 1 is 1.33 bits per heavy atom. The van der Waals surface area contributed by atoms with Crippen molar-refractivity contribution < 1.29 is 9.72 Å². The van der Waals surface area contributed by atoms with Crippen LogP contribution in [-0.2, 0) is 11.3 Å². The molecule has 1 aromatic rings. The summed E-state index contributed by atoms with van der Waals surface area (Å²) in [6, 6.07) is 4.85. The van der Waals surface area contributed by atoms with E-state index in [4.69, 9.17) is 0 Å². The molecule has 1 aliphatic heterocycles. The highest BCUT2D eigenvalue weighted by atomic mass is 16.6. The van der Waals surface area contributed by atoms with Crippen LogP contribution in [0.1, 0.15) is 12.5 Å². The lowest BCUT2D eigenvalue weighted by Crippen LogP contribution is -2.47. The number of anilines is 1. The summed E-state index contributed by atoms with van der Waals surface area (Å²) in [6.07, 6.45) is 0. The van der Waals surface area contributed by atoms with Crippen molar-refractivity contribution in [2.75, 3.05) is 38.5 Å². The topological polar surface area (TPSA) is 78.7 Å². The first-order chi connectivity index (χ1) is 10.0. The van der Waals surface area contributed by atoms with E-state index in [9.17, 15) is 14.9 Å². The Morgan fingerprint density at radius 2 is 2.00 bits per heavy atom. The van der Waals surface area contributed by atoms with Crippen molar-refractivity contribution in [1.82, 2.24) is 9.80 Å². The molecule has 1 amide bonds. The number of nitro benzene ring substituents is 1. The van der Waals surface area contributed by atoms with Gasteiger partial charge in [0.1, 0.15) is 0 Å². The molecule has 114 valence electrons. The third-order valence-electron chi connectivity index (χ3n) is 3.78. The number of nitrogens with one attached hydrogen (secondary N) is 1. The molecule has 1 aromatic carbocycles. The highest BCUT2D eigenvalue weighted by Gasteiger charge is 2.20. The molecule has 0 bridgehead atoms. The number of non-ortho nitro benzene ring substituents is 1. The zero-order chi connectivity index (χ0) is 15.4. The lowest BCUT2D eigenvalue weighted by Gasteiger charge is -2.34. The molecule has 1 aliphatic rings. The van der Waals surface area contributed by atoms with Gasteiger partial charge >= 0.3 is 0 Å². The first-order valence-electron chi connectivity index (χ1n) is 6.94. The van der Waals surface area contributed by atoms with E-state index in [1.54, 1.807) is 26.1 Å². The minimum atomic E-state index is -0.378. The summed E-state index contributed by atoms with van der Waals surface area (Å²) < 4.78 is 0. The van der Waals surface area contributed by atoms with Crippen LogP contribution in [0.15, 0.2) is 18.2 Å². The molecule has 0 saturated carbocycles. The van der Waals surface area contributed by atoms with Gasteiger partial charge in [-0.1, -0.05) is 0 Å². The minimum Gasteiger partial charge on any atom is -0.388 e. The van der Waals surface area contributed by atoms with Gasteiger partial charge in [0.15, 0.2) is 0 Å². The van der Waals surface area contributed by atoms with E-state index in [0.717, 1.165) is 24.3 Å². The number of nitrogens with zero attached hydrogens (tertiary/aromatic N) is 3. The first kappa shape index (κ1) is 15.2. The van der Waals surface area contributed by atoms with E-state index in [0.29, 0.717) is 19.6 Å². The number of carbonyl (C=O) groups excluding carboxylic acids is 1. The highest BCUT2D eigenvalue weighted by molar-refractivity contribution is 5.73. The van der Waals surface area contributed by atoms with E-state index in [-0.39, 0.29) is 16.5 Å². The van der Waals surface area contributed by atoms with Crippen LogP contribution in [-0.4, -0.2) is 53.9 Å². The van der Waals surface area contributed by atoms with Gasteiger partial charge in [-0.2, -0.15) is 0 Å². The van der Waals surface area contributed by atoms with Gasteiger partial charge in [-0.3, -0.25) is 19.8 Å². The van der Waals surface area contributed by atoms with E-state index < -0.39 is 0 Å². The van der Waals surface area contributed by atoms with Gasteiger partial charge in [-0.15, -0.1) is 0 Å². The molecule has 0 aliphatic carbocycles. The SMILES string of the molecule is CNc1ccc([N+](=O)[O-])cc1CN1CCN(C(C)=O)CC1. The fourth-order valence-electron chi connectivity index (χ4n) is 2.53. The molecule has 0 aromatic heterocycles. The standard InChI is InChI=1S/C14H20N4O3/c1-11(19)17-7-5-16(6-8-17)10-12-9-13(18(20)21)3-4-14(12)15-2/h3-4,9,15H,5-8,10H2,1-2H3. The Labute approximate surface area is 123 Å². The summed E-state index contributed by atoms with van der Waals surface area (Å²) in [6.45, 7) is 5.20. The Kier molecular flexibility index (Phi) is 4.74. The van der Waals surface area contributed by atoms with E-state index in [1.165, 1.54) is 6.07 Å². The molecule has 0 unspecified atom stereocenters. The van der Waals surface area contributed by atoms with Crippen LogP contribution in [0.3, 0.4) is 0 Å². The maximum Gasteiger partial charge on any atom is 0.269 e. The molecule has 0 spiro atoms. The van der Waals surface area contributed by atoms with Gasteiger partial charge in [0, 0.05) is 64.5 Å². The number of amides is 1. The second-order valence-corrected chi connectivity index (χ2v) is 5.13. The molecule has 1 N–H and O–H groups in total. The largest absolute Gasteiger partial charge is 0.388 e. The Bertz CT molecular complexity index is 539. The van der Waals surface area contributed by atoms with Crippen molar-refractivity contribution >= 4 is 17.3 Å². The molecular weight excluding hydrogens is 272 g/mol. The first-order valence-corrected chi connectivity index (χ1v) is 6.94. The number of benzene rings is 1. The van der Waals surface area contributed by atoms with Crippen molar-refractivity contribution in [1.29, 1.82) is 0 Å². The third-order valence-corrected chi connectivity index (χ3v) is 3.78. The second-order valence-electron chi connectivity index (χ2n) is 5.13. The predicted octanol–water partition coefficient (Wildman–Crippen LogP) is 1.30. The van der Waals surface area contributed by atoms with Crippen molar-refractivity contribution in [3.05, 3.63) is 33.9 Å². The molecule has 21 heavy (non-hydrogen) atoms. The maximum atomic E-state index is 11.3. The molecule has 0 radical (unpaired) electrons. The normalized spacial score (nSPS) is 15.8. The Hall–Kier alpha value is -2.15. The average Bonchev–Trinajstić information content (AvgIpc) is 2.47. The third kappa shape index (κ3) is 3.69. The van der Waals surface area contributed by atoms with Gasteiger partial charge < -0.3 is 10.2 Å². The summed E-state index contributed by atoms with van der Waals surface area (Å²) in [5, 5.41) is 14.0. The quantitative estimate of drug-likeness (QED) is 0.668. The van der Waals surface area contributed by atoms with Crippen LogP contribution >= 0.6 is 0 Å². The number of piperazine rings is 1. The molecule has 0 atom stereocenters. The molecular formula is C14H20N4O3. The molecule has 1 fully saturated rings. The molecule has 7 heteroatoms. The number of carbonyl (C=O) groups is 1. The summed E-state index contributed by atoms with van der Waals surface area (Å²) in [7, 11) is 1.80. The zero-order valence-corrected chi connectivity index (χ0v) is 12.3. The van der Waals surface area contributed by atoms with Crippen LogP contribution in [0, 0.1) is 10.1 Å². The van der Waals surface area contributed by atoms with Crippen molar-refractivity contribution in [2.45, 2.75) is 13.5 Å². The molecule has 2 rings (SSSR count). The van der Waals surface area contributed by atoms with Crippen LogP contribution in [0.4, 0.5) is 11.4 Å². The minimum absolute atomic E-state index is 0.0981. The molecule has 1 heterocycles. The monoisotopic (exact) mass is 292 g/mol. The van der Waals surface area contributed by atoms with Gasteiger partial charge in [0.2, 0.25) is 5.91 Å². The Morgan fingerprint density at radius 3 is 2.52 bits per heavy atom. The summed E-state index contributed by atoms with van der Waals surface area (Å²) >= 11 is 0. The van der Waals surface area contributed by atoms with Gasteiger partial charge in [-0.05, 0) is 11.6 Å². The smallest absolute Gasteiger partial charge is 0.269 e. The number of rotatable bonds is 4. The van der Waals surface area contributed by atoms with Crippen LogP contribution in [0.5, 0.6) is 0 Å². The maximum absolute atomic E-state index is 11.3. The summed E-state index contributed by atoms with van der Waals surface area (Å²) in [5.74, 6) is 0.0981.